The molecule has 4 aromatic heterocycles. The third-order valence-corrected chi connectivity index (χ3v) is 5.81. The molecule has 1 atom stereocenters. The Morgan fingerprint density at radius 3 is 2.74 bits per heavy atom. The van der Waals surface area contributed by atoms with Crippen LogP contribution in [0, 0.1) is 13.8 Å². The van der Waals surface area contributed by atoms with Crippen molar-refractivity contribution in [2.24, 2.45) is 0 Å². The van der Waals surface area contributed by atoms with E-state index in [9.17, 15) is 5.11 Å². The molecule has 5 rings (SSSR count). The number of hydrogen-bond acceptors (Lipinski definition) is 7. The molecule has 1 unspecified atom stereocenters. The van der Waals surface area contributed by atoms with Gasteiger partial charge in [0, 0.05) is 30.7 Å². The van der Waals surface area contributed by atoms with Gasteiger partial charge in [0.15, 0.2) is 0 Å². The second-order valence-electron chi connectivity index (χ2n) is 8.18. The molecule has 4 aromatic rings. The number of rotatable bonds is 6. The van der Waals surface area contributed by atoms with Crippen molar-refractivity contribution in [1.82, 2.24) is 24.3 Å². The summed E-state index contributed by atoms with van der Waals surface area (Å²) >= 11 is 0. The number of aliphatic hydroxyl groups is 1. The average molecular weight is 416 g/mol. The number of pyridine rings is 2. The van der Waals surface area contributed by atoms with Crippen LogP contribution in [0.25, 0.3) is 5.65 Å². The summed E-state index contributed by atoms with van der Waals surface area (Å²) in [6.45, 7) is 4.50. The number of hydrogen-bond donors (Lipinski definition) is 3. The van der Waals surface area contributed by atoms with Gasteiger partial charge in [-0.15, -0.1) is 0 Å². The molecule has 1 aliphatic rings. The van der Waals surface area contributed by atoms with E-state index in [1.54, 1.807) is 6.07 Å². The van der Waals surface area contributed by atoms with Gasteiger partial charge in [0.05, 0.1) is 11.4 Å². The average Bonchev–Trinajstić information content (AvgIpc) is 3.51. The Labute approximate surface area is 180 Å². The fourth-order valence-electron chi connectivity index (χ4n) is 3.92. The zero-order chi connectivity index (χ0) is 21.5. The highest BCUT2D eigenvalue weighted by molar-refractivity contribution is 5.46. The quantitative estimate of drug-likeness (QED) is 0.443. The fourth-order valence-corrected chi connectivity index (χ4v) is 3.92. The lowest BCUT2D eigenvalue weighted by Crippen LogP contribution is -2.09. The summed E-state index contributed by atoms with van der Waals surface area (Å²) in [5, 5.41) is 14.2. The molecule has 1 saturated carbocycles. The summed E-state index contributed by atoms with van der Waals surface area (Å²) in [5.41, 5.74) is 12.0. The lowest BCUT2D eigenvalue weighted by Gasteiger charge is -2.13. The van der Waals surface area contributed by atoms with Crippen LogP contribution in [0.3, 0.4) is 0 Å². The van der Waals surface area contributed by atoms with Gasteiger partial charge in [-0.25, -0.2) is 19.9 Å². The minimum Gasteiger partial charge on any atom is -0.384 e. The van der Waals surface area contributed by atoms with Crippen LogP contribution in [0.5, 0.6) is 0 Å². The van der Waals surface area contributed by atoms with Crippen LogP contribution in [-0.2, 0) is 6.54 Å². The van der Waals surface area contributed by atoms with Crippen molar-refractivity contribution in [2.75, 3.05) is 11.1 Å². The molecule has 31 heavy (non-hydrogen) atoms. The maximum absolute atomic E-state index is 10.9. The number of anilines is 2. The summed E-state index contributed by atoms with van der Waals surface area (Å²) in [5.74, 6) is 1.81. The maximum Gasteiger partial charge on any atom is 0.140 e. The van der Waals surface area contributed by atoms with E-state index in [1.165, 1.54) is 24.7 Å². The molecule has 4 heterocycles. The Bertz CT molecular complexity index is 1240. The van der Waals surface area contributed by atoms with Crippen molar-refractivity contribution in [2.45, 2.75) is 45.3 Å². The molecular weight excluding hydrogens is 390 g/mol. The number of aromatic nitrogens is 5. The van der Waals surface area contributed by atoms with E-state index in [0.717, 1.165) is 22.5 Å². The van der Waals surface area contributed by atoms with E-state index in [2.05, 4.69) is 37.5 Å². The van der Waals surface area contributed by atoms with Gasteiger partial charge in [-0.05, 0) is 61.4 Å². The molecular formula is C23H25N7O. The second-order valence-corrected chi connectivity index (χ2v) is 8.18. The minimum absolute atomic E-state index is 0.493. The van der Waals surface area contributed by atoms with E-state index < -0.39 is 6.10 Å². The van der Waals surface area contributed by atoms with Gasteiger partial charge in [0.1, 0.15) is 29.7 Å². The number of nitrogens with one attached hydrogen (secondary N) is 1. The summed E-state index contributed by atoms with van der Waals surface area (Å²) < 4.78 is 1.98. The number of aliphatic hydroxyl groups excluding tert-OH is 1. The molecule has 8 heteroatoms. The molecule has 158 valence electrons. The third-order valence-electron chi connectivity index (χ3n) is 5.81. The molecule has 0 spiro atoms. The predicted molar refractivity (Wildman–Crippen MR) is 119 cm³/mol. The van der Waals surface area contributed by atoms with E-state index in [-0.39, 0.29) is 0 Å². The molecule has 0 saturated heterocycles. The van der Waals surface area contributed by atoms with Crippen LogP contribution in [0.1, 0.15) is 58.6 Å². The van der Waals surface area contributed by atoms with Gasteiger partial charge in [-0.1, -0.05) is 6.07 Å². The van der Waals surface area contributed by atoms with E-state index in [0.29, 0.717) is 35.5 Å². The Morgan fingerprint density at radius 2 is 1.97 bits per heavy atom. The third kappa shape index (κ3) is 3.94. The summed E-state index contributed by atoms with van der Waals surface area (Å²) in [6, 6.07) is 7.73. The van der Waals surface area contributed by atoms with Gasteiger partial charge in [-0.3, -0.25) is 0 Å². The zero-order valence-corrected chi connectivity index (χ0v) is 17.6. The largest absolute Gasteiger partial charge is 0.384 e. The number of fused-ring (bicyclic) bond motifs is 1. The number of nitrogens with two attached hydrogens (primary N) is 1. The van der Waals surface area contributed by atoms with Gasteiger partial charge in [0.2, 0.25) is 0 Å². The molecule has 0 radical (unpaired) electrons. The van der Waals surface area contributed by atoms with Crippen LogP contribution in [0.2, 0.25) is 0 Å². The summed E-state index contributed by atoms with van der Waals surface area (Å²) in [6.07, 6.45) is 6.98. The Kier molecular flexibility index (Phi) is 4.78. The first-order chi connectivity index (χ1) is 15.0. The fraction of sp³-hybridized carbons (Fsp3) is 0.304. The van der Waals surface area contributed by atoms with Gasteiger partial charge < -0.3 is 20.6 Å². The molecule has 0 aliphatic heterocycles. The van der Waals surface area contributed by atoms with E-state index >= 15 is 0 Å². The summed E-state index contributed by atoms with van der Waals surface area (Å²) in [4.78, 5) is 17.5. The van der Waals surface area contributed by atoms with Crippen molar-refractivity contribution in [3.8, 4) is 0 Å². The van der Waals surface area contributed by atoms with Crippen LogP contribution in [0.4, 0.5) is 11.6 Å². The van der Waals surface area contributed by atoms with Gasteiger partial charge >= 0.3 is 0 Å². The lowest BCUT2D eigenvalue weighted by atomic mass is 10.1. The normalized spacial score (nSPS) is 14.7. The molecule has 0 amide bonds. The first-order valence-electron chi connectivity index (χ1n) is 10.4. The SMILES string of the molecule is Cc1cc(N)nc(C)c1CNc1cc(C(O)c2cn3cc(C4CC4)ccc3n2)ncn1. The van der Waals surface area contributed by atoms with Crippen molar-refractivity contribution >= 4 is 17.3 Å². The molecule has 4 N–H and O–H groups in total. The predicted octanol–water partition coefficient (Wildman–Crippen LogP) is 3.29. The Hall–Kier alpha value is -3.52. The number of nitrogens with zero attached hydrogens (tertiary/aromatic N) is 5. The van der Waals surface area contributed by atoms with Crippen molar-refractivity contribution in [3.63, 3.8) is 0 Å². The number of nitrogen functional groups attached to an aromatic ring is 1. The van der Waals surface area contributed by atoms with Gasteiger partial charge in [-0.2, -0.15) is 0 Å². The van der Waals surface area contributed by atoms with Crippen LogP contribution < -0.4 is 11.1 Å². The van der Waals surface area contributed by atoms with Crippen molar-refractivity contribution in [1.29, 1.82) is 0 Å². The van der Waals surface area contributed by atoms with Crippen molar-refractivity contribution < 1.29 is 5.11 Å². The van der Waals surface area contributed by atoms with Crippen molar-refractivity contribution in [3.05, 3.63) is 76.8 Å². The van der Waals surface area contributed by atoms with E-state index in [1.807, 2.05) is 36.6 Å². The van der Waals surface area contributed by atoms with Crippen LogP contribution in [-0.4, -0.2) is 29.4 Å². The minimum atomic E-state index is -0.936. The summed E-state index contributed by atoms with van der Waals surface area (Å²) in [7, 11) is 0. The number of aryl methyl sites for hydroxylation is 2. The zero-order valence-electron chi connectivity index (χ0n) is 17.6. The highest BCUT2D eigenvalue weighted by Gasteiger charge is 2.24. The van der Waals surface area contributed by atoms with E-state index in [4.69, 9.17) is 5.73 Å². The monoisotopic (exact) mass is 415 g/mol. The van der Waals surface area contributed by atoms with Crippen LogP contribution in [0.15, 0.2) is 43.0 Å². The topological polar surface area (TPSA) is 114 Å². The van der Waals surface area contributed by atoms with Crippen LogP contribution >= 0.6 is 0 Å². The Morgan fingerprint density at radius 1 is 1.13 bits per heavy atom. The first-order valence-corrected chi connectivity index (χ1v) is 10.4. The highest BCUT2D eigenvalue weighted by atomic mass is 16.3. The maximum atomic E-state index is 10.9. The second kappa shape index (κ2) is 7.63. The Balaban J connectivity index is 1.35. The van der Waals surface area contributed by atoms with Gasteiger partial charge in [0.25, 0.3) is 0 Å². The molecule has 0 bridgehead atoms. The number of imidazole rings is 1. The highest BCUT2D eigenvalue weighted by Crippen LogP contribution is 2.40. The molecule has 1 aliphatic carbocycles. The lowest BCUT2D eigenvalue weighted by molar-refractivity contribution is 0.211. The molecule has 8 nitrogen and oxygen atoms in total. The smallest absolute Gasteiger partial charge is 0.140 e. The first kappa shape index (κ1) is 19.4. The molecule has 0 aromatic carbocycles. The standard InChI is InChI=1S/C23H25N7O/c1-13-7-20(24)28-14(2)17(13)9-25-21-8-18(26-12-27-21)23(31)19-11-30-10-16(15-3-4-15)5-6-22(30)29-19/h5-8,10-12,15,23,31H,3-4,9H2,1-2H3,(H2,24,28)(H,25,26,27). The molecule has 1 fully saturated rings.